The molecule has 1 fully saturated rings. The van der Waals surface area contributed by atoms with Crippen molar-refractivity contribution < 1.29 is 24.0 Å². The molecular weight excluding hydrogens is 286 g/mol. The third-order valence-corrected chi connectivity index (χ3v) is 4.09. The lowest BCUT2D eigenvalue weighted by molar-refractivity contribution is -0.899. The van der Waals surface area contributed by atoms with Crippen LogP contribution in [0.5, 0.6) is 11.5 Å². The normalized spacial score (nSPS) is 23.1. The third kappa shape index (κ3) is 3.30. The molecular formula is C15H20N3O4+. The van der Waals surface area contributed by atoms with Crippen LogP contribution in [0.2, 0.25) is 0 Å². The summed E-state index contributed by atoms with van der Waals surface area (Å²) in [5.41, 5.74) is 6.04. The zero-order valence-electron chi connectivity index (χ0n) is 12.3. The summed E-state index contributed by atoms with van der Waals surface area (Å²) in [6.45, 7) is 2.06. The number of amides is 2. The highest BCUT2D eigenvalue weighted by atomic mass is 16.7. The van der Waals surface area contributed by atoms with Crippen molar-refractivity contribution in [2.75, 3.05) is 31.7 Å². The Labute approximate surface area is 128 Å². The van der Waals surface area contributed by atoms with Crippen LogP contribution in [0.3, 0.4) is 0 Å². The van der Waals surface area contributed by atoms with Crippen molar-refractivity contribution in [3.05, 3.63) is 18.2 Å². The molecule has 0 aliphatic carbocycles. The Kier molecular flexibility index (Phi) is 4.15. The number of carbonyl (C=O) groups excluding carboxylic acids is 2. The molecule has 4 N–H and O–H groups in total. The Balaban J connectivity index is 1.55. The van der Waals surface area contributed by atoms with Crippen LogP contribution in [0.4, 0.5) is 5.69 Å². The predicted molar refractivity (Wildman–Crippen MR) is 78.7 cm³/mol. The van der Waals surface area contributed by atoms with Crippen molar-refractivity contribution in [3.8, 4) is 11.5 Å². The van der Waals surface area contributed by atoms with Crippen LogP contribution < -0.4 is 25.4 Å². The molecule has 1 aromatic carbocycles. The zero-order chi connectivity index (χ0) is 15.5. The number of benzene rings is 1. The lowest BCUT2D eigenvalue weighted by Gasteiger charge is -2.27. The predicted octanol–water partition coefficient (Wildman–Crippen LogP) is -0.866. The summed E-state index contributed by atoms with van der Waals surface area (Å²) in [7, 11) is 0. The number of fused-ring (bicyclic) bond motifs is 1. The average molecular weight is 306 g/mol. The molecule has 118 valence electrons. The monoisotopic (exact) mass is 306 g/mol. The van der Waals surface area contributed by atoms with Crippen molar-refractivity contribution in [2.24, 2.45) is 11.7 Å². The molecule has 1 saturated heterocycles. The van der Waals surface area contributed by atoms with Gasteiger partial charge in [-0.2, -0.15) is 0 Å². The third-order valence-electron chi connectivity index (χ3n) is 4.09. The van der Waals surface area contributed by atoms with Crippen molar-refractivity contribution >= 4 is 17.5 Å². The smallest absolute Gasteiger partial charge is 0.279 e. The van der Waals surface area contributed by atoms with E-state index in [4.69, 9.17) is 15.2 Å². The van der Waals surface area contributed by atoms with Crippen LogP contribution in [-0.4, -0.2) is 38.2 Å². The van der Waals surface area contributed by atoms with Crippen LogP contribution in [0.25, 0.3) is 0 Å². The number of likely N-dealkylation sites (tertiary alicyclic amines) is 1. The second-order valence-corrected chi connectivity index (χ2v) is 5.74. The van der Waals surface area contributed by atoms with E-state index in [1.165, 1.54) is 0 Å². The number of primary amides is 1. The van der Waals surface area contributed by atoms with Gasteiger partial charge in [-0.3, -0.25) is 9.59 Å². The Morgan fingerprint density at radius 2 is 2.14 bits per heavy atom. The highest BCUT2D eigenvalue weighted by Crippen LogP contribution is 2.34. The van der Waals surface area contributed by atoms with E-state index in [2.05, 4.69) is 5.32 Å². The van der Waals surface area contributed by atoms with Gasteiger partial charge >= 0.3 is 0 Å². The van der Waals surface area contributed by atoms with E-state index in [-0.39, 0.29) is 24.5 Å². The lowest BCUT2D eigenvalue weighted by atomic mass is 9.97. The number of hydrogen-bond donors (Lipinski definition) is 3. The minimum atomic E-state index is -0.270. The molecule has 7 nitrogen and oxygen atoms in total. The topological polar surface area (TPSA) is 95.1 Å². The van der Waals surface area contributed by atoms with Crippen molar-refractivity contribution in [3.63, 3.8) is 0 Å². The number of nitrogens with two attached hydrogens (primary N) is 1. The van der Waals surface area contributed by atoms with Crippen LogP contribution in [0, 0.1) is 5.92 Å². The SMILES string of the molecule is NC(=O)[C@@H]1CCC[NH+](CC(=O)Nc2ccc3c(c2)OCO3)C1. The second-order valence-electron chi connectivity index (χ2n) is 5.74. The summed E-state index contributed by atoms with van der Waals surface area (Å²) in [5.74, 6) is 0.843. The van der Waals surface area contributed by atoms with Gasteiger partial charge in [0.05, 0.1) is 19.0 Å². The largest absolute Gasteiger partial charge is 0.454 e. The molecule has 2 heterocycles. The van der Waals surface area contributed by atoms with Gasteiger partial charge in [0.2, 0.25) is 12.7 Å². The first-order valence-electron chi connectivity index (χ1n) is 7.44. The molecule has 0 radical (unpaired) electrons. The standard InChI is InChI=1S/C15H19N3O4/c16-15(20)10-2-1-5-18(7-10)8-14(19)17-11-3-4-12-13(6-11)22-9-21-12/h3-4,6,10H,1-2,5,7-9H2,(H2,16,20)(H,17,19)/p+1/t10-/m1/s1. The maximum atomic E-state index is 12.1. The number of piperidine rings is 1. The van der Waals surface area contributed by atoms with Crippen molar-refractivity contribution in [2.45, 2.75) is 12.8 Å². The molecule has 1 unspecified atom stereocenters. The first kappa shape index (κ1) is 14.6. The van der Waals surface area contributed by atoms with Crippen molar-refractivity contribution in [1.82, 2.24) is 0 Å². The fourth-order valence-electron chi connectivity index (χ4n) is 2.96. The molecule has 2 aliphatic rings. The number of hydrogen-bond acceptors (Lipinski definition) is 4. The Hall–Kier alpha value is -2.28. The minimum absolute atomic E-state index is 0.0843. The summed E-state index contributed by atoms with van der Waals surface area (Å²) in [4.78, 5) is 24.5. The Morgan fingerprint density at radius 1 is 1.32 bits per heavy atom. The first-order valence-corrected chi connectivity index (χ1v) is 7.44. The molecule has 3 rings (SSSR count). The summed E-state index contributed by atoms with van der Waals surface area (Å²) >= 11 is 0. The van der Waals surface area contributed by atoms with Gasteiger partial charge in [0.1, 0.15) is 0 Å². The molecule has 22 heavy (non-hydrogen) atoms. The van der Waals surface area contributed by atoms with Crippen LogP contribution in [0.1, 0.15) is 12.8 Å². The van der Waals surface area contributed by atoms with E-state index in [0.29, 0.717) is 30.3 Å². The number of carbonyl (C=O) groups is 2. The molecule has 2 amide bonds. The van der Waals surface area contributed by atoms with Gasteiger partial charge in [-0.05, 0) is 25.0 Å². The van der Waals surface area contributed by atoms with Gasteiger partial charge in [-0.25, -0.2) is 0 Å². The van der Waals surface area contributed by atoms with Crippen molar-refractivity contribution in [1.29, 1.82) is 0 Å². The Bertz CT molecular complexity index is 590. The molecule has 2 aliphatic heterocycles. The van der Waals surface area contributed by atoms with Gasteiger partial charge in [0, 0.05) is 11.8 Å². The molecule has 0 aromatic heterocycles. The van der Waals surface area contributed by atoms with E-state index in [1.807, 2.05) is 0 Å². The number of anilines is 1. The quantitative estimate of drug-likeness (QED) is 0.674. The zero-order valence-corrected chi connectivity index (χ0v) is 12.3. The fraction of sp³-hybridized carbons (Fsp3) is 0.467. The van der Waals surface area contributed by atoms with E-state index >= 15 is 0 Å². The molecule has 7 heteroatoms. The number of nitrogens with one attached hydrogen (secondary N) is 2. The van der Waals surface area contributed by atoms with Crippen LogP contribution in [0.15, 0.2) is 18.2 Å². The average Bonchev–Trinajstić information content (AvgIpc) is 2.95. The number of quaternary nitrogens is 1. The minimum Gasteiger partial charge on any atom is -0.454 e. The van der Waals surface area contributed by atoms with Gasteiger partial charge in [-0.15, -0.1) is 0 Å². The van der Waals surface area contributed by atoms with Gasteiger partial charge in [-0.1, -0.05) is 0 Å². The molecule has 0 spiro atoms. The summed E-state index contributed by atoms with van der Waals surface area (Å²) in [6.07, 6.45) is 1.74. The summed E-state index contributed by atoms with van der Waals surface area (Å²) < 4.78 is 10.5. The van der Waals surface area contributed by atoms with E-state index in [9.17, 15) is 9.59 Å². The fourth-order valence-corrected chi connectivity index (χ4v) is 2.96. The van der Waals surface area contributed by atoms with E-state index < -0.39 is 0 Å². The second kappa shape index (κ2) is 6.23. The van der Waals surface area contributed by atoms with Gasteiger partial charge in [0.25, 0.3) is 5.91 Å². The van der Waals surface area contributed by atoms with E-state index in [1.54, 1.807) is 18.2 Å². The number of ether oxygens (including phenoxy) is 2. The van der Waals surface area contributed by atoms with Gasteiger partial charge in [0.15, 0.2) is 18.0 Å². The van der Waals surface area contributed by atoms with Gasteiger partial charge < -0.3 is 25.4 Å². The molecule has 0 saturated carbocycles. The first-order chi connectivity index (χ1) is 10.6. The summed E-state index contributed by atoms with van der Waals surface area (Å²) in [6, 6.07) is 5.30. The highest BCUT2D eigenvalue weighted by Gasteiger charge is 2.28. The lowest BCUT2D eigenvalue weighted by Crippen LogP contribution is -3.14. The molecule has 1 aromatic rings. The maximum Gasteiger partial charge on any atom is 0.279 e. The maximum absolute atomic E-state index is 12.1. The molecule has 0 bridgehead atoms. The van der Waals surface area contributed by atoms with Crippen LogP contribution >= 0.6 is 0 Å². The molecule has 2 atom stereocenters. The van der Waals surface area contributed by atoms with E-state index in [0.717, 1.165) is 24.3 Å². The van der Waals surface area contributed by atoms with Crippen LogP contribution in [-0.2, 0) is 9.59 Å². The highest BCUT2D eigenvalue weighted by molar-refractivity contribution is 5.91. The Morgan fingerprint density at radius 3 is 2.95 bits per heavy atom. The summed E-state index contributed by atoms with van der Waals surface area (Å²) in [5, 5.41) is 2.85. The number of rotatable bonds is 4.